The van der Waals surface area contributed by atoms with Gasteiger partial charge in [0.25, 0.3) is 0 Å². The zero-order valence-electron chi connectivity index (χ0n) is 12.0. The number of thioether (sulfide) groups is 1. The lowest BCUT2D eigenvalue weighted by Crippen LogP contribution is -2.10. The van der Waals surface area contributed by atoms with Crippen molar-refractivity contribution in [3.05, 3.63) is 23.9 Å². The maximum Gasteiger partial charge on any atom is 0.434 e. The van der Waals surface area contributed by atoms with E-state index in [0.717, 1.165) is 11.8 Å². The number of hydrogen-bond donors (Lipinski definition) is 0. The van der Waals surface area contributed by atoms with E-state index in [0.29, 0.717) is 16.7 Å². The minimum atomic E-state index is -4.55. The Morgan fingerprint density at radius 2 is 1.95 bits per heavy atom. The first-order valence-electron chi connectivity index (χ1n) is 6.32. The zero-order chi connectivity index (χ0) is 16.1. The molecule has 8 heteroatoms. The first-order chi connectivity index (χ1) is 10.4. The highest BCUT2D eigenvalue weighted by atomic mass is 32.2. The van der Waals surface area contributed by atoms with E-state index < -0.39 is 11.9 Å². The van der Waals surface area contributed by atoms with Crippen molar-refractivity contribution in [2.24, 2.45) is 7.05 Å². The second-order valence-electron chi connectivity index (χ2n) is 4.70. The van der Waals surface area contributed by atoms with Crippen LogP contribution in [0.3, 0.4) is 0 Å². The van der Waals surface area contributed by atoms with E-state index in [4.69, 9.17) is 4.74 Å². The van der Waals surface area contributed by atoms with Gasteiger partial charge >= 0.3 is 6.18 Å². The molecule has 4 nitrogen and oxygen atoms in total. The lowest BCUT2D eigenvalue weighted by Gasteiger charge is -2.09. The Morgan fingerprint density at radius 1 is 1.23 bits per heavy atom. The minimum Gasteiger partial charge on any atom is -0.497 e. The Balaban J connectivity index is 2.53. The monoisotopic (exact) mass is 327 g/mol. The van der Waals surface area contributed by atoms with E-state index in [9.17, 15) is 13.2 Å². The average Bonchev–Trinajstić information content (AvgIpc) is 2.78. The molecule has 0 aliphatic heterocycles. The summed E-state index contributed by atoms with van der Waals surface area (Å²) in [6, 6.07) is 5.00. The van der Waals surface area contributed by atoms with Crippen molar-refractivity contribution in [2.75, 3.05) is 13.4 Å². The van der Waals surface area contributed by atoms with Crippen LogP contribution in [0.4, 0.5) is 13.2 Å². The van der Waals surface area contributed by atoms with Gasteiger partial charge in [0, 0.05) is 12.4 Å². The number of aryl methyl sites for hydroxylation is 1. The number of halogens is 3. The fraction of sp³-hybridized carbons (Fsp3) is 0.286. The standard InChI is InChI=1S/C14H12F3N3OS/c1-20-9-5-4-7(21-2)6-8(9)10-11(14(15,16)17)18-13(22-3)19-12(10)20/h4-6H,1-3H3. The molecule has 116 valence electrons. The lowest BCUT2D eigenvalue weighted by molar-refractivity contribution is -0.140. The molecule has 2 aromatic heterocycles. The molecule has 0 spiro atoms. The van der Waals surface area contributed by atoms with Crippen LogP contribution in [-0.4, -0.2) is 27.9 Å². The molecule has 0 aliphatic rings. The van der Waals surface area contributed by atoms with Crippen molar-refractivity contribution in [2.45, 2.75) is 11.3 Å². The molecular formula is C14H12F3N3OS. The van der Waals surface area contributed by atoms with Gasteiger partial charge in [0.1, 0.15) is 11.4 Å². The summed E-state index contributed by atoms with van der Waals surface area (Å²) in [4.78, 5) is 7.92. The molecule has 0 fully saturated rings. The summed E-state index contributed by atoms with van der Waals surface area (Å²) >= 11 is 1.08. The van der Waals surface area contributed by atoms with Crippen LogP contribution in [-0.2, 0) is 13.2 Å². The summed E-state index contributed by atoms with van der Waals surface area (Å²) < 4.78 is 47.0. The van der Waals surface area contributed by atoms with Gasteiger partial charge in [-0.05, 0) is 24.5 Å². The predicted octanol–water partition coefficient (Wildman–Crippen LogP) is 3.87. The van der Waals surface area contributed by atoms with Gasteiger partial charge in [0.2, 0.25) is 0 Å². The van der Waals surface area contributed by atoms with Crippen LogP contribution in [0.5, 0.6) is 5.75 Å². The molecule has 0 atom stereocenters. The molecule has 0 bridgehead atoms. The second-order valence-corrected chi connectivity index (χ2v) is 5.47. The van der Waals surface area contributed by atoms with Crippen LogP contribution in [0.15, 0.2) is 23.4 Å². The molecule has 0 saturated heterocycles. The van der Waals surface area contributed by atoms with Crippen molar-refractivity contribution in [3.63, 3.8) is 0 Å². The Kier molecular flexibility index (Phi) is 3.43. The highest BCUT2D eigenvalue weighted by Crippen LogP contribution is 2.39. The van der Waals surface area contributed by atoms with Gasteiger partial charge in [-0.1, -0.05) is 11.8 Å². The van der Waals surface area contributed by atoms with Crippen LogP contribution in [0.2, 0.25) is 0 Å². The molecule has 0 N–H and O–H groups in total. The molecule has 0 radical (unpaired) electrons. The normalized spacial score (nSPS) is 12.3. The van der Waals surface area contributed by atoms with Crippen molar-refractivity contribution in [3.8, 4) is 5.75 Å². The molecule has 1 aromatic carbocycles. The Bertz CT molecular complexity index is 873. The smallest absolute Gasteiger partial charge is 0.434 e. The van der Waals surface area contributed by atoms with Gasteiger partial charge in [0.15, 0.2) is 10.9 Å². The summed E-state index contributed by atoms with van der Waals surface area (Å²) in [6.45, 7) is 0. The molecular weight excluding hydrogens is 315 g/mol. The average molecular weight is 327 g/mol. The van der Waals surface area contributed by atoms with Crippen LogP contribution >= 0.6 is 11.8 Å². The number of rotatable bonds is 2. The fourth-order valence-electron chi connectivity index (χ4n) is 2.47. The summed E-state index contributed by atoms with van der Waals surface area (Å²) in [5.74, 6) is 0.488. The molecule has 3 aromatic rings. The van der Waals surface area contributed by atoms with Gasteiger partial charge in [-0.15, -0.1) is 0 Å². The first kappa shape index (κ1) is 15.0. The van der Waals surface area contributed by atoms with Gasteiger partial charge in [0.05, 0.1) is 18.0 Å². The number of ether oxygens (including phenoxy) is 1. The van der Waals surface area contributed by atoms with Crippen molar-refractivity contribution in [1.29, 1.82) is 0 Å². The van der Waals surface area contributed by atoms with E-state index in [1.165, 1.54) is 7.11 Å². The molecule has 22 heavy (non-hydrogen) atoms. The predicted molar refractivity (Wildman–Crippen MR) is 79.4 cm³/mol. The number of methoxy groups -OCH3 is 1. The maximum atomic E-state index is 13.4. The van der Waals surface area contributed by atoms with Crippen LogP contribution in [0.1, 0.15) is 5.69 Å². The van der Waals surface area contributed by atoms with Gasteiger partial charge in [-0.2, -0.15) is 13.2 Å². The highest BCUT2D eigenvalue weighted by Gasteiger charge is 2.37. The van der Waals surface area contributed by atoms with Crippen molar-refractivity contribution in [1.82, 2.24) is 14.5 Å². The van der Waals surface area contributed by atoms with Gasteiger partial charge < -0.3 is 9.30 Å². The van der Waals surface area contributed by atoms with E-state index in [1.54, 1.807) is 36.1 Å². The number of nitrogens with zero attached hydrogens (tertiary/aromatic N) is 3. The largest absolute Gasteiger partial charge is 0.497 e. The van der Waals surface area contributed by atoms with Gasteiger partial charge in [-0.25, -0.2) is 9.97 Å². The molecule has 0 saturated carbocycles. The Hall–Kier alpha value is -1.96. The SMILES string of the molecule is COc1ccc2c(c1)c1c(C(F)(F)F)nc(SC)nc1n2C. The van der Waals surface area contributed by atoms with Crippen molar-refractivity contribution >= 4 is 33.7 Å². The summed E-state index contributed by atoms with van der Waals surface area (Å²) in [7, 11) is 3.16. The zero-order valence-corrected chi connectivity index (χ0v) is 12.8. The molecule has 0 aliphatic carbocycles. The number of hydrogen-bond acceptors (Lipinski definition) is 4. The minimum absolute atomic E-state index is 0.00157. The molecule has 0 unspecified atom stereocenters. The highest BCUT2D eigenvalue weighted by molar-refractivity contribution is 7.98. The van der Waals surface area contributed by atoms with Gasteiger partial charge in [-0.3, -0.25) is 0 Å². The quantitative estimate of drug-likeness (QED) is 0.529. The number of aromatic nitrogens is 3. The maximum absolute atomic E-state index is 13.4. The fourth-order valence-corrected chi connectivity index (χ4v) is 2.83. The number of benzene rings is 1. The lowest BCUT2D eigenvalue weighted by atomic mass is 10.1. The topological polar surface area (TPSA) is 39.9 Å². The third-order valence-electron chi connectivity index (χ3n) is 3.47. The summed E-state index contributed by atoms with van der Waals surface area (Å²) in [5.41, 5.74) is -0.00974. The molecule has 0 amide bonds. The second kappa shape index (κ2) is 5.05. The summed E-state index contributed by atoms with van der Waals surface area (Å²) in [5, 5.41) is 0.524. The molecule has 3 rings (SSSR count). The van der Waals surface area contributed by atoms with Crippen LogP contribution in [0.25, 0.3) is 21.9 Å². The number of fused-ring (bicyclic) bond motifs is 3. The van der Waals surface area contributed by atoms with Crippen LogP contribution in [0, 0.1) is 0 Å². The first-order valence-corrected chi connectivity index (χ1v) is 7.54. The Labute approximate surface area is 128 Å². The van der Waals surface area contributed by atoms with Crippen LogP contribution < -0.4 is 4.74 Å². The third-order valence-corrected chi connectivity index (χ3v) is 4.02. The Morgan fingerprint density at radius 3 is 2.55 bits per heavy atom. The molecule has 2 heterocycles. The van der Waals surface area contributed by atoms with E-state index in [1.807, 2.05) is 0 Å². The summed E-state index contributed by atoms with van der Waals surface area (Å²) in [6.07, 6.45) is -2.91. The number of alkyl halides is 3. The van der Waals surface area contributed by atoms with E-state index in [-0.39, 0.29) is 16.2 Å². The van der Waals surface area contributed by atoms with E-state index in [2.05, 4.69) is 9.97 Å². The van der Waals surface area contributed by atoms with E-state index >= 15 is 0 Å². The third kappa shape index (κ3) is 2.18. The van der Waals surface area contributed by atoms with Crippen molar-refractivity contribution < 1.29 is 17.9 Å².